The number of alkyl halides is 5. The molecule has 0 saturated heterocycles. The van der Waals surface area contributed by atoms with Crippen molar-refractivity contribution < 1.29 is 35.5 Å². The number of benzene rings is 2. The summed E-state index contributed by atoms with van der Waals surface area (Å²) in [4.78, 5) is 0. The number of fused-ring (bicyclic) bond motifs is 3. The second-order valence-electron chi connectivity index (χ2n) is 10.3. The Balaban J connectivity index is 1.69. The number of halogens is 7. The van der Waals surface area contributed by atoms with E-state index < -0.39 is 63.3 Å². The Kier molecular flexibility index (Phi) is 7.43. The second kappa shape index (κ2) is 9.99. The first-order valence-corrected chi connectivity index (χ1v) is 12.8. The summed E-state index contributed by atoms with van der Waals surface area (Å²) in [6, 6.07) is 4.27. The highest BCUT2D eigenvalue weighted by molar-refractivity contribution is 5.77. The van der Waals surface area contributed by atoms with Crippen LogP contribution in [-0.4, -0.2) is 5.85 Å². The quantitative estimate of drug-likeness (QED) is 0.245. The van der Waals surface area contributed by atoms with Crippen molar-refractivity contribution in [3.63, 3.8) is 0 Å². The summed E-state index contributed by atoms with van der Waals surface area (Å²) in [5, 5.41) is 0. The van der Waals surface area contributed by atoms with Crippen LogP contribution in [0.25, 0.3) is 11.1 Å². The van der Waals surface area contributed by atoms with Gasteiger partial charge in [0.1, 0.15) is 5.82 Å². The summed E-state index contributed by atoms with van der Waals surface area (Å²) in [5.41, 5.74) is -4.27. The smallest absolute Gasteiger partial charge is 0.343 e. The number of allylic oxidation sites excluding steroid dienone is 1. The molecule has 0 aromatic heterocycles. The van der Waals surface area contributed by atoms with Gasteiger partial charge in [-0.2, -0.15) is 22.0 Å². The molecule has 0 spiro atoms. The summed E-state index contributed by atoms with van der Waals surface area (Å²) in [5.74, 6) is -16.8. The van der Waals surface area contributed by atoms with E-state index in [0.29, 0.717) is 25.2 Å². The van der Waals surface area contributed by atoms with Crippen molar-refractivity contribution in [2.45, 2.75) is 82.9 Å². The van der Waals surface area contributed by atoms with Gasteiger partial charge in [-0.15, -0.1) is 6.58 Å². The third-order valence-corrected chi connectivity index (χ3v) is 7.82. The molecule has 0 radical (unpaired) electrons. The van der Waals surface area contributed by atoms with Crippen molar-refractivity contribution in [2.75, 3.05) is 0 Å². The zero-order valence-electron chi connectivity index (χ0n) is 21.0. The van der Waals surface area contributed by atoms with Gasteiger partial charge < -0.3 is 4.74 Å². The predicted molar refractivity (Wildman–Crippen MR) is 129 cm³/mol. The maximum atomic E-state index is 15.6. The number of ether oxygens (including phenoxy) is 1. The Morgan fingerprint density at radius 1 is 0.946 bits per heavy atom. The zero-order chi connectivity index (χ0) is 27.2. The Morgan fingerprint density at radius 2 is 1.51 bits per heavy atom. The van der Waals surface area contributed by atoms with Gasteiger partial charge in [-0.25, -0.2) is 8.78 Å². The molecular formula is C29H31F7O. The van der Waals surface area contributed by atoms with E-state index in [1.165, 1.54) is 6.07 Å². The van der Waals surface area contributed by atoms with Gasteiger partial charge in [0.25, 0.3) is 0 Å². The van der Waals surface area contributed by atoms with Crippen molar-refractivity contribution in [3.8, 4) is 16.9 Å². The minimum absolute atomic E-state index is 0.0833. The molecule has 0 heterocycles. The molecule has 0 aliphatic heterocycles. The lowest BCUT2D eigenvalue weighted by atomic mass is 9.77. The highest BCUT2D eigenvalue weighted by Gasteiger charge is 2.65. The lowest BCUT2D eigenvalue weighted by molar-refractivity contribution is -0.228. The minimum Gasteiger partial charge on any atom is -0.455 e. The van der Waals surface area contributed by atoms with Crippen molar-refractivity contribution in [3.05, 3.63) is 65.2 Å². The molecule has 0 amide bonds. The highest BCUT2D eigenvalue weighted by atomic mass is 19.3. The van der Waals surface area contributed by atoms with Gasteiger partial charge >= 0.3 is 11.8 Å². The Hall–Kier alpha value is -2.51. The molecule has 202 valence electrons. The fourth-order valence-corrected chi connectivity index (χ4v) is 5.71. The summed E-state index contributed by atoms with van der Waals surface area (Å²) in [7, 11) is 0. The first-order valence-electron chi connectivity index (χ1n) is 12.8. The maximum absolute atomic E-state index is 15.6. The van der Waals surface area contributed by atoms with Crippen LogP contribution >= 0.6 is 0 Å². The second-order valence-corrected chi connectivity index (χ2v) is 10.3. The SMILES string of the molecule is C=CCCC1CCC(C(C)(F)Oc2ccc3c(c2F)C(F)(F)C(F)(F)c2c-3ccc(CCC)c2F)CC1. The van der Waals surface area contributed by atoms with E-state index in [4.69, 9.17) is 4.74 Å². The van der Waals surface area contributed by atoms with Gasteiger partial charge in [-0.1, -0.05) is 31.6 Å². The van der Waals surface area contributed by atoms with Crippen molar-refractivity contribution >= 4 is 0 Å². The monoisotopic (exact) mass is 528 g/mol. The molecule has 1 saturated carbocycles. The van der Waals surface area contributed by atoms with Crippen LogP contribution in [0.4, 0.5) is 30.7 Å². The lowest BCUT2D eigenvalue weighted by Gasteiger charge is -2.38. The van der Waals surface area contributed by atoms with E-state index in [9.17, 15) is 4.39 Å². The van der Waals surface area contributed by atoms with Crippen molar-refractivity contribution in [2.24, 2.45) is 11.8 Å². The van der Waals surface area contributed by atoms with Crippen LogP contribution < -0.4 is 4.74 Å². The third kappa shape index (κ3) is 4.65. The average molecular weight is 529 g/mol. The molecule has 1 fully saturated rings. The fraction of sp³-hybridized carbons (Fsp3) is 0.517. The van der Waals surface area contributed by atoms with Crippen LogP contribution in [0.15, 0.2) is 36.9 Å². The number of hydrogen-bond donors (Lipinski definition) is 0. The van der Waals surface area contributed by atoms with Crippen LogP contribution in [0.2, 0.25) is 0 Å². The highest BCUT2D eigenvalue weighted by Crippen LogP contribution is 2.60. The summed E-state index contributed by atoms with van der Waals surface area (Å²) < 4.78 is 112. The number of aryl methyl sites for hydroxylation is 1. The molecule has 2 aromatic carbocycles. The van der Waals surface area contributed by atoms with Gasteiger partial charge in [0, 0.05) is 12.8 Å². The first kappa shape index (κ1) is 27.5. The summed E-state index contributed by atoms with van der Waals surface area (Å²) in [6.45, 7) is 6.50. The van der Waals surface area contributed by atoms with Crippen molar-refractivity contribution in [1.82, 2.24) is 0 Å². The van der Waals surface area contributed by atoms with Crippen LogP contribution in [-0.2, 0) is 18.3 Å². The zero-order valence-corrected chi connectivity index (χ0v) is 21.0. The van der Waals surface area contributed by atoms with Gasteiger partial charge in [0.2, 0.25) is 5.85 Å². The minimum atomic E-state index is -5.08. The van der Waals surface area contributed by atoms with E-state index in [0.717, 1.165) is 50.8 Å². The fourth-order valence-electron chi connectivity index (χ4n) is 5.71. The lowest BCUT2D eigenvalue weighted by Crippen LogP contribution is -2.42. The molecule has 0 N–H and O–H groups in total. The van der Waals surface area contributed by atoms with Crippen LogP contribution in [0.1, 0.15) is 75.5 Å². The normalized spacial score (nSPS) is 23.5. The Bertz CT molecular complexity index is 1160. The van der Waals surface area contributed by atoms with Gasteiger partial charge in [-0.05, 0) is 79.7 Å². The Labute approximate surface area is 212 Å². The molecule has 1 atom stereocenters. The van der Waals surface area contributed by atoms with Crippen LogP contribution in [0, 0.1) is 23.5 Å². The van der Waals surface area contributed by atoms with E-state index in [1.54, 1.807) is 6.92 Å². The maximum Gasteiger partial charge on any atom is 0.343 e. The van der Waals surface area contributed by atoms with E-state index in [2.05, 4.69) is 6.58 Å². The van der Waals surface area contributed by atoms with Crippen molar-refractivity contribution in [1.29, 1.82) is 0 Å². The summed E-state index contributed by atoms with van der Waals surface area (Å²) in [6.07, 6.45) is 6.51. The van der Waals surface area contributed by atoms with E-state index in [1.807, 2.05) is 6.08 Å². The molecular weight excluding hydrogens is 497 g/mol. The van der Waals surface area contributed by atoms with Gasteiger partial charge in [-0.3, -0.25) is 0 Å². The molecule has 4 rings (SSSR count). The van der Waals surface area contributed by atoms with E-state index in [-0.39, 0.29) is 12.0 Å². The summed E-state index contributed by atoms with van der Waals surface area (Å²) >= 11 is 0. The third-order valence-electron chi connectivity index (χ3n) is 7.82. The molecule has 2 aromatic rings. The van der Waals surface area contributed by atoms with Gasteiger partial charge in [0.15, 0.2) is 11.6 Å². The standard InChI is InChI=1S/C29H31F7O/c1-4-6-8-17-9-12-19(13-10-17)27(3,32)37-22-16-15-21-20-14-11-18(7-5-2)25(30)23(20)28(33,34)29(35,36)24(21)26(22)31/h4,11,14-17,19H,1,5-10,12-13H2,2-3H3. The molecule has 37 heavy (non-hydrogen) atoms. The average Bonchev–Trinajstić information content (AvgIpc) is 2.84. The largest absolute Gasteiger partial charge is 0.455 e. The number of hydrogen-bond acceptors (Lipinski definition) is 1. The number of rotatable bonds is 8. The molecule has 8 heteroatoms. The molecule has 0 bridgehead atoms. The van der Waals surface area contributed by atoms with Crippen LogP contribution in [0.3, 0.4) is 0 Å². The molecule has 2 aliphatic rings. The topological polar surface area (TPSA) is 9.23 Å². The molecule has 2 aliphatic carbocycles. The predicted octanol–water partition coefficient (Wildman–Crippen LogP) is 9.62. The Morgan fingerprint density at radius 3 is 2.08 bits per heavy atom. The molecule has 1 unspecified atom stereocenters. The molecule has 1 nitrogen and oxygen atoms in total. The van der Waals surface area contributed by atoms with Crippen LogP contribution in [0.5, 0.6) is 5.75 Å². The van der Waals surface area contributed by atoms with E-state index >= 15 is 26.3 Å². The first-order chi connectivity index (χ1) is 17.4. The van der Waals surface area contributed by atoms with Gasteiger partial charge in [0.05, 0.1) is 11.1 Å².